The van der Waals surface area contributed by atoms with Crippen LogP contribution in [0.1, 0.15) is 18.6 Å². The molecule has 0 bridgehead atoms. The monoisotopic (exact) mass is 233 g/mol. The van der Waals surface area contributed by atoms with Gasteiger partial charge in [-0.25, -0.2) is 4.39 Å². The summed E-state index contributed by atoms with van der Waals surface area (Å²) in [6.45, 7) is 1.98. The lowest BCUT2D eigenvalue weighted by molar-refractivity contribution is 0.187. The summed E-state index contributed by atoms with van der Waals surface area (Å²) in [5.74, 6) is -0.873. The van der Waals surface area contributed by atoms with E-state index in [0.29, 0.717) is 0 Å². The molecule has 1 aromatic rings. The second-order valence-electron chi connectivity index (χ2n) is 2.72. The van der Waals surface area contributed by atoms with Gasteiger partial charge >= 0.3 is 0 Å². The van der Waals surface area contributed by atoms with Crippen LogP contribution in [0, 0.1) is 11.2 Å². The molecule has 0 spiro atoms. The van der Waals surface area contributed by atoms with Crippen molar-refractivity contribution in [1.82, 2.24) is 0 Å². The fraction of sp³-hybridized carbons (Fsp3) is 0.300. The maximum absolute atomic E-state index is 13.1. The third-order valence-electron chi connectivity index (χ3n) is 1.75. The fourth-order valence-corrected chi connectivity index (χ4v) is 1.07. The molecule has 0 radical (unpaired) electrons. The van der Waals surface area contributed by atoms with E-state index in [1.165, 1.54) is 18.2 Å². The van der Waals surface area contributed by atoms with E-state index in [0.717, 1.165) is 0 Å². The molecule has 0 aliphatic rings. The Balaban J connectivity index is 0.00000196. The minimum absolute atomic E-state index is 0. The summed E-state index contributed by atoms with van der Waals surface area (Å²) in [4.78, 5) is 0. The summed E-state index contributed by atoms with van der Waals surface area (Å²) < 4.78 is 17.9. The Morgan fingerprint density at radius 3 is 2.67 bits per heavy atom. The van der Waals surface area contributed by atoms with Gasteiger partial charge in [0.15, 0.2) is 6.10 Å². The van der Waals surface area contributed by atoms with Crippen LogP contribution in [0.3, 0.4) is 0 Å². The van der Waals surface area contributed by atoms with Crippen LogP contribution in [0.25, 0.3) is 0 Å². The molecule has 5 heteroatoms. The zero-order chi connectivity index (χ0) is 10.6. The average molecular weight is 234 g/mol. The largest absolute Gasteiger partial charge is 0.479 e. The van der Waals surface area contributed by atoms with Crippen LogP contribution in [-0.4, -0.2) is 17.6 Å². The number of aliphatic hydroxyl groups is 1. The summed E-state index contributed by atoms with van der Waals surface area (Å²) in [5.41, 5.74) is 0.0611. The molecule has 0 aliphatic heterocycles. The summed E-state index contributed by atoms with van der Waals surface area (Å²) >= 11 is 0. The molecule has 0 saturated heterocycles. The lowest BCUT2D eigenvalue weighted by atomic mass is 10.1. The number of rotatable bonds is 3. The van der Waals surface area contributed by atoms with Gasteiger partial charge in [0, 0.05) is 5.56 Å². The van der Waals surface area contributed by atoms with Crippen molar-refractivity contribution in [3.05, 3.63) is 35.6 Å². The van der Waals surface area contributed by atoms with Gasteiger partial charge in [-0.3, -0.25) is 5.41 Å². The molecule has 0 aromatic heterocycles. The van der Waals surface area contributed by atoms with E-state index in [2.05, 4.69) is 0 Å². The summed E-state index contributed by atoms with van der Waals surface area (Å²) in [6, 6.07) is 5.78. The van der Waals surface area contributed by atoms with Crippen LogP contribution < -0.4 is 0 Å². The van der Waals surface area contributed by atoms with Crippen LogP contribution >= 0.6 is 12.4 Å². The number of hydrogen-bond donors (Lipinski definition) is 2. The second kappa shape index (κ2) is 6.37. The summed E-state index contributed by atoms with van der Waals surface area (Å²) in [5, 5.41) is 16.8. The number of benzene rings is 1. The Kier molecular flexibility index (Phi) is 5.89. The Morgan fingerprint density at radius 2 is 2.13 bits per heavy atom. The van der Waals surface area contributed by atoms with Gasteiger partial charge in [0.05, 0.1) is 6.61 Å². The van der Waals surface area contributed by atoms with Gasteiger partial charge < -0.3 is 9.84 Å². The summed E-state index contributed by atoms with van der Waals surface area (Å²) in [7, 11) is 0. The number of halogens is 2. The standard InChI is InChI=1S/C10H12FNO2.ClH/c1-2-14-10(12)9(13)7-5-3-4-6-8(7)11;/h3-6,9,12-13H,2H2,1H3;1H. The number of ether oxygens (including phenoxy) is 1. The van der Waals surface area contributed by atoms with Crippen LogP contribution in [0.2, 0.25) is 0 Å². The molecular weight excluding hydrogens is 221 g/mol. The fourth-order valence-electron chi connectivity index (χ4n) is 1.07. The van der Waals surface area contributed by atoms with Crippen molar-refractivity contribution >= 4 is 18.3 Å². The van der Waals surface area contributed by atoms with Crippen LogP contribution in [0.4, 0.5) is 4.39 Å². The Hall–Kier alpha value is -1.13. The first-order valence-electron chi connectivity index (χ1n) is 4.30. The topological polar surface area (TPSA) is 53.3 Å². The van der Waals surface area contributed by atoms with Gasteiger partial charge in [-0.05, 0) is 13.0 Å². The lowest BCUT2D eigenvalue weighted by Crippen LogP contribution is -2.15. The molecule has 1 aromatic carbocycles. The number of nitrogens with one attached hydrogen (secondary N) is 1. The number of hydrogen-bond acceptors (Lipinski definition) is 3. The van der Waals surface area contributed by atoms with Gasteiger partial charge in [0.2, 0.25) is 5.90 Å². The lowest BCUT2D eigenvalue weighted by Gasteiger charge is -2.12. The van der Waals surface area contributed by atoms with Crippen LogP contribution in [0.15, 0.2) is 24.3 Å². The van der Waals surface area contributed by atoms with Crippen molar-refractivity contribution in [1.29, 1.82) is 5.41 Å². The summed E-state index contributed by atoms with van der Waals surface area (Å²) in [6.07, 6.45) is -1.32. The molecule has 3 nitrogen and oxygen atoms in total. The highest BCUT2D eigenvalue weighted by Gasteiger charge is 2.17. The molecule has 1 unspecified atom stereocenters. The molecule has 0 heterocycles. The third-order valence-corrected chi connectivity index (χ3v) is 1.75. The van der Waals surface area contributed by atoms with Gasteiger partial charge in [-0.2, -0.15) is 0 Å². The van der Waals surface area contributed by atoms with Crippen LogP contribution in [-0.2, 0) is 4.74 Å². The van der Waals surface area contributed by atoms with Gasteiger partial charge in [-0.1, -0.05) is 18.2 Å². The van der Waals surface area contributed by atoms with Gasteiger partial charge in [-0.15, -0.1) is 12.4 Å². The highest BCUT2D eigenvalue weighted by atomic mass is 35.5. The molecule has 0 fully saturated rings. The van der Waals surface area contributed by atoms with Crippen LogP contribution in [0.5, 0.6) is 0 Å². The van der Waals surface area contributed by atoms with E-state index in [1.54, 1.807) is 13.0 Å². The smallest absolute Gasteiger partial charge is 0.215 e. The Labute approximate surface area is 93.8 Å². The molecule has 0 amide bonds. The molecule has 1 rings (SSSR count). The van der Waals surface area contributed by atoms with Gasteiger partial charge in [0.1, 0.15) is 5.82 Å². The maximum atomic E-state index is 13.1. The van der Waals surface area contributed by atoms with Crippen molar-refractivity contribution in [3.8, 4) is 0 Å². The minimum atomic E-state index is -1.32. The molecule has 84 valence electrons. The predicted molar refractivity (Wildman–Crippen MR) is 58.0 cm³/mol. The zero-order valence-corrected chi connectivity index (χ0v) is 9.05. The van der Waals surface area contributed by atoms with E-state index in [-0.39, 0.29) is 30.5 Å². The first-order chi connectivity index (χ1) is 6.66. The normalized spacial score (nSPS) is 11.4. The van der Waals surface area contributed by atoms with Crippen molar-refractivity contribution in [2.45, 2.75) is 13.0 Å². The average Bonchev–Trinajstić information content (AvgIpc) is 2.18. The highest BCUT2D eigenvalue weighted by molar-refractivity contribution is 5.85. The predicted octanol–water partition coefficient (Wildman–Crippen LogP) is 2.29. The van der Waals surface area contributed by atoms with E-state index in [4.69, 9.17) is 10.1 Å². The zero-order valence-electron chi connectivity index (χ0n) is 8.24. The first kappa shape index (κ1) is 13.9. The Bertz CT molecular complexity index is 333. The quantitative estimate of drug-likeness (QED) is 0.622. The van der Waals surface area contributed by atoms with Crippen molar-refractivity contribution < 1.29 is 14.2 Å². The Morgan fingerprint density at radius 1 is 1.53 bits per heavy atom. The van der Waals surface area contributed by atoms with Gasteiger partial charge in [0.25, 0.3) is 0 Å². The number of aliphatic hydroxyl groups excluding tert-OH is 1. The van der Waals surface area contributed by atoms with E-state index in [9.17, 15) is 9.50 Å². The second-order valence-corrected chi connectivity index (χ2v) is 2.72. The first-order valence-corrected chi connectivity index (χ1v) is 4.30. The molecule has 2 N–H and O–H groups in total. The molecule has 0 saturated carbocycles. The molecule has 0 aliphatic carbocycles. The van der Waals surface area contributed by atoms with Crippen molar-refractivity contribution in [2.24, 2.45) is 0 Å². The highest BCUT2D eigenvalue weighted by Crippen LogP contribution is 2.17. The van der Waals surface area contributed by atoms with Crippen molar-refractivity contribution in [2.75, 3.05) is 6.61 Å². The van der Waals surface area contributed by atoms with Crippen molar-refractivity contribution in [3.63, 3.8) is 0 Å². The molecular formula is C10H13ClFNO2. The molecule has 15 heavy (non-hydrogen) atoms. The maximum Gasteiger partial charge on any atom is 0.215 e. The third kappa shape index (κ3) is 3.49. The van der Waals surface area contributed by atoms with E-state index in [1.807, 2.05) is 0 Å². The minimum Gasteiger partial charge on any atom is -0.479 e. The SMILES string of the molecule is CCOC(=N)C(O)c1ccccc1F.Cl. The molecule has 1 atom stereocenters. The van der Waals surface area contributed by atoms with E-state index < -0.39 is 11.9 Å². The van der Waals surface area contributed by atoms with E-state index >= 15 is 0 Å².